The van der Waals surface area contributed by atoms with Crippen LogP contribution in [-0.2, 0) is 10.2 Å². The van der Waals surface area contributed by atoms with Gasteiger partial charge in [-0.1, -0.05) is 62.4 Å². The molecule has 0 spiro atoms. The highest BCUT2D eigenvalue weighted by Crippen LogP contribution is 2.25. The zero-order valence-corrected chi connectivity index (χ0v) is 14.6. The van der Waals surface area contributed by atoms with Gasteiger partial charge in [0.05, 0.1) is 0 Å². The van der Waals surface area contributed by atoms with Crippen molar-refractivity contribution in [3.05, 3.63) is 71.5 Å². The second-order valence-electron chi connectivity index (χ2n) is 7.12. The number of carbonyl (C=O) groups is 1. The van der Waals surface area contributed by atoms with Crippen LogP contribution in [0.5, 0.6) is 0 Å². The van der Waals surface area contributed by atoms with E-state index in [9.17, 15) is 9.18 Å². The summed E-state index contributed by atoms with van der Waals surface area (Å²) in [6.45, 7) is 4.23. The predicted molar refractivity (Wildman–Crippen MR) is 96.3 cm³/mol. The third kappa shape index (κ3) is 4.06. The lowest BCUT2D eigenvalue weighted by atomic mass is 9.84. The summed E-state index contributed by atoms with van der Waals surface area (Å²) >= 11 is 0. The molecule has 132 valence electrons. The zero-order chi connectivity index (χ0) is 17.9. The molecule has 0 bridgehead atoms. The van der Waals surface area contributed by atoms with Gasteiger partial charge >= 0.3 is 0 Å². The minimum absolute atomic E-state index is 0.0738. The summed E-state index contributed by atoms with van der Waals surface area (Å²) in [7, 11) is 0. The summed E-state index contributed by atoms with van der Waals surface area (Å²) in [6, 6.07) is 16.5. The van der Waals surface area contributed by atoms with Crippen LogP contribution >= 0.6 is 0 Å². The second kappa shape index (κ2) is 7.33. The number of halogens is 1. The van der Waals surface area contributed by atoms with E-state index in [1.807, 2.05) is 50.2 Å². The lowest BCUT2D eigenvalue weighted by molar-refractivity contribution is -0.123. The van der Waals surface area contributed by atoms with Crippen LogP contribution in [-0.4, -0.2) is 18.5 Å². The Bertz CT molecular complexity index is 733. The van der Waals surface area contributed by atoms with E-state index in [1.165, 1.54) is 6.07 Å². The first-order chi connectivity index (χ1) is 12.0. The Hall–Kier alpha value is -2.24. The molecule has 1 aliphatic heterocycles. The van der Waals surface area contributed by atoms with Crippen LogP contribution in [0, 0.1) is 5.82 Å². The van der Waals surface area contributed by atoms with Crippen molar-refractivity contribution in [3.8, 4) is 0 Å². The van der Waals surface area contributed by atoms with Crippen LogP contribution in [0.4, 0.5) is 4.39 Å². The highest BCUT2D eigenvalue weighted by Gasteiger charge is 2.31. The van der Waals surface area contributed by atoms with Gasteiger partial charge in [0, 0.05) is 18.0 Å². The Kier molecular flexibility index (Phi) is 5.16. The van der Waals surface area contributed by atoms with Crippen LogP contribution in [0.3, 0.4) is 0 Å². The van der Waals surface area contributed by atoms with Crippen molar-refractivity contribution < 1.29 is 9.18 Å². The molecule has 5 heteroatoms. The fourth-order valence-electron chi connectivity index (χ4n) is 3.17. The van der Waals surface area contributed by atoms with Crippen molar-refractivity contribution in [2.24, 2.45) is 0 Å². The number of benzene rings is 2. The van der Waals surface area contributed by atoms with Gasteiger partial charge in [-0.3, -0.25) is 4.79 Å². The lowest BCUT2D eigenvalue weighted by Crippen LogP contribution is -2.46. The van der Waals surface area contributed by atoms with Crippen molar-refractivity contribution in [2.75, 3.05) is 6.54 Å². The van der Waals surface area contributed by atoms with E-state index in [4.69, 9.17) is 0 Å². The molecule has 3 N–H and O–H groups in total. The molecule has 0 aromatic heterocycles. The van der Waals surface area contributed by atoms with Gasteiger partial charge in [-0.15, -0.1) is 0 Å². The third-order valence-corrected chi connectivity index (χ3v) is 4.73. The number of rotatable bonds is 5. The standard InChI is InChI=1S/C20H24FN3O/c1-20(2,15-10-6-7-11-16(15)21)13-22-19(25)18-12-17(23-24-18)14-8-4-3-5-9-14/h3-11,17-18,23-24H,12-13H2,1-2H3,(H,22,25). The number of nitrogens with one attached hydrogen (secondary N) is 3. The van der Waals surface area contributed by atoms with Gasteiger partial charge < -0.3 is 5.32 Å². The summed E-state index contributed by atoms with van der Waals surface area (Å²) in [5, 5.41) is 2.95. The number of carbonyl (C=O) groups excluding carboxylic acids is 1. The van der Waals surface area contributed by atoms with E-state index in [0.29, 0.717) is 18.5 Å². The SMILES string of the molecule is CC(C)(CNC(=O)C1CC(c2ccccc2)NN1)c1ccccc1F. The monoisotopic (exact) mass is 341 g/mol. The van der Waals surface area contributed by atoms with Crippen LogP contribution in [0.25, 0.3) is 0 Å². The van der Waals surface area contributed by atoms with E-state index >= 15 is 0 Å². The Morgan fingerprint density at radius 2 is 1.80 bits per heavy atom. The fraction of sp³-hybridized carbons (Fsp3) is 0.350. The predicted octanol–water partition coefficient (Wildman–Crippen LogP) is 2.83. The lowest BCUT2D eigenvalue weighted by Gasteiger charge is -2.26. The van der Waals surface area contributed by atoms with E-state index < -0.39 is 5.41 Å². The van der Waals surface area contributed by atoms with Gasteiger partial charge in [0.2, 0.25) is 5.91 Å². The normalized spacial score (nSPS) is 20.4. The molecule has 0 saturated carbocycles. The molecule has 1 amide bonds. The molecule has 2 aromatic rings. The summed E-state index contributed by atoms with van der Waals surface area (Å²) in [5.74, 6) is -0.318. The maximum absolute atomic E-state index is 14.0. The topological polar surface area (TPSA) is 53.2 Å². The molecular weight excluding hydrogens is 317 g/mol. The average Bonchev–Trinajstić information content (AvgIpc) is 3.11. The van der Waals surface area contributed by atoms with Crippen LogP contribution < -0.4 is 16.2 Å². The summed E-state index contributed by atoms with van der Waals surface area (Å²) in [4.78, 5) is 12.5. The van der Waals surface area contributed by atoms with Gasteiger partial charge in [-0.25, -0.2) is 15.2 Å². The number of hydrogen-bond donors (Lipinski definition) is 3. The highest BCUT2D eigenvalue weighted by molar-refractivity contribution is 5.82. The number of amides is 1. The van der Waals surface area contributed by atoms with Gasteiger partial charge in [-0.2, -0.15) is 0 Å². The zero-order valence-electron chi connectivity index (χ0n) is 14.6. The molecule has 1 fully saturated rings. The minimum Gasteiger partial charge on any atom is -0.354 e. The second-order valence-corrected chi connectivity index (χ2v) is 7.12. The first-order valence-corrected chi connectivity index (χ1v) is 8.56. The fourth-order valence-corrected chi connectivity index (χ4v) is 3.17. The van der Waals surface area contributed by atoms with Crippen LogP contribution in [0.15, 0.2) is 54.6 Å². The van der Waals surface area contributed by atoms with E-state index in [2.05, 4.69) is 16.2 Å². The minimum atomic E-state index is -0.480. The van der Waals surface area contributed by atoms with Crippen molar-refractivity contribution in [2.45, 2.75) is 37.8 Å². The van der Waals surface area contributed by atoms with Crippen molar-refractivity contribution in [1.29, 1.82) is 0 Å². The highest BCUT2D eigenvalue weighted by atomic mass is 19.1. The van der Waals surface area contributed by atoms with Crippen molar-refractivity contribution in [1.82, 2.24) is 16.2 Å². The molecule has 2 aromatic carbocycles. The largest absolute Gasteiger partial charge is 0.354 e. The molecule has 1 aliphatic rings. The first-order valence-electron chi connectivity index (χ1n) is 8.56. The van der Waals surface area contributed by atoms with Gasteiger partial charge in [-0.05, 0) is 23.6 Å². The summed E-state index contributed by atoms with van der Waals surface area (Å²) in [5.41, 5.74) is 7.50. The van der Waals surface area contributed by atoms with Gasteiger partial charge in [0.1, 0.15) is 11.9 Å². The molecule has 1 heterocycles. The van der Waals surface area contributed by atoms with Gasteiger partial charge in [0.25, 0.3) is 0 Å². The number of hydrazine groups is 1. The third-order valence-electron chi connectivity index (χ3n) is 4.73. The van der Waals surface area contributed by atoms with E-state index in [1.54, 1.807) is 12.1 Å². The van der Waals surface area contributed by atoms with E-state index in [-0.39, 0.29) is 23.8 Å². The maximum Gasteiger partial charge on any atom is 0.238 e. The van der Waals surface area contributed by atoms with Crippen LogP contribution in [0.2, 0.25) is 0 Å². The number of hydrogen-bond acceptors (Lipinski definition) is 3. The molecule has 2 atom stereocenters. The average molecular weight is 341 g/mol. The molecule has 3 rings (SSSR count). The van der Waals surface area contributed by atoms with E-state index in [0.717, 1.165) is 5.56 Å². The van der Waals surface area contributed by atoms with Crippen LogP contribution in [0.1, 0.15) is 37.4 Å². The molecule has 1 saturated heterocycles. The Balaban J connectivity index is 1.57. The quantitative estimate of drug-likeness (QED) is 0.784. The maximum atomic E-state index is 14.0. The molecule has 2 unspecified atom stereocenters. The van der Waals surface area contributed by atoms with Crippen molar-refractivity contribution in [3.63, 3.8) is 0 Å². The Labute approximate surface area is 147 Å². The Morgan fingerprint density at radius 3 is 2.52 bits per heavy atom. The Morgan fingerprint density at radius 1 is 1.12 bits per heavy atom. The van der Waals surface area contributed by atoms with Crippen molar-refractivity contribution >= 4 is 5.91 Å². The molecule has 0 radical (unpaired) electrons. The molecule has 25 heavy (non-hydrogen) atoms. The molecule has 4 nitrogen and oxygen atoms in total. The van der Waals surface area contributed by atoms with Gasteiger partial charge in [0.15, 0.2) is 0 Å². The molecular formula is C20H24FN3O. The summed E-state index contributed by atoms with van der Waals surface area (Å²) in [6.07, 6.45) is 0.677. The smallest absolute Gasteiger partial charge is 0.238 e. The first kappa shape index (κ1) is 17.6. The molecule has 0 aliphatic carbocycles. The summed E-state index contributed by atoms with van der Waals surface area (Å²) < 4.78 is 14.0.